The monoisotopic (exact) mass is 464 g/mol. The Morgan fingerprint density at radius 2 is 1.61 bits per heavy atom. The molecule has 5 nitrogen and oxygen atoms in total. The highest BCUT2D eigenvalue weighted by atomic mass is 35.5. The van der Waals surface area contributed by atoms with Crippen LogP contribution < -0.4 is 9.62 Å². The summed E-state index contributed by atoms with van der Waals surface area (Å²) in [6, 6.07) is 12.2. The molecule has 0 aliphatic carbocycles. The maximum atomic E-state index is 12.7. The summed E-state index contributed by atoms with van der Waals surface area (Å²) in [4.78, 5) is 12.7. The van der Waals surface area contributed by atoms with Crippen LogP contribution in [0, 0.1) is 12.3 Å². The van der Waals surface area contributed by atoms with Crippen LogP contribution in [0.3, 0.4) is 0 Å². The second kappa shape index (κ2) is 9.21. The molecule has 0 radical (unpaired) electrons. The molecule has 0 bridgehead atoms. The highest BCUT2D eigenvalue weighted by Crippen LogP contribution is 2.29. The fourth-order valence-electron chi connectivity index (χ4n) is 3.91. The van der Waals surface area contributed by atoms with Gasteiger partial charge in [-0.1, -0.05) is 50.6 Å². The number of hydrogen-bond donors (Lipinski definition) is 1. The highest BCUT2D eigenvalue weighted by Gasteiger charge is 2.27. The Morgan fingerprint density at radius 1 is 1.03 bits per heavy atom. The van der Waals surface area contributed by atoms with Crippen LogP contribution in [-0.4, -0.2) is 26.1 Å². The maximum Gasteiger partial charge on any atom is 0.251 e. The zero-order valence-corrected chi connectivity index (χ0v) is 21.0. The highest BCUT2D eigenvalue weighted by molar-refractivity contribution is 7.92. The van der Waals surface area contributed by atoms with Crippen molar-refractivity contribution >= 4 is 33.2 Å². The predicted octanol–water partition coefficient (Wildman–Crippen LogP) is 5.56. The van der Waals surface area contributed by atoms with Crippen molar-refractivity contribution in [2.75, 3.05) is 10.6 Å². The first kappa shape index (κ1) is 25.2. The first-order valence-electron chi connectivity index (χ1n) is 10.2. The van der Waals surface area contributed by atoms with Gasteiger partial charge in [-0.15, -0.1) is 0 Å². The van der Waals surface area contributed by atoms with Gasteiger partial charge in [-0.05, 0) is 68.0 Å². The quantitative estimate of drug-likeness (QED) is 0.583. The first-order valence-corrected chi connectivity index (χ1v) is 12.5. The Morgan fingerprint density at radius 3 is 2.13 bits per heavy atom. The number of carbonyl (C=O) groups is 1. The topological polar surface area (TPSA) is 66.5 Å². The number of amides is 1. The molecule has 170 valence electrons. The van der Waals surface area contributed by atoms with E-state index in [1.807, 2.05) is 20.8 Å². The van der Waals surface area contributed by atoms with Gasteiger partial charge in [0.15, 0.2) is 0 Å². The number of nitrogens with zero attached hydrogens (tertiary/aromatic N) is 1. The van der Waals surface area contributed by atoms with Crippen LogP contribution in [-0.2, 0) is 16.6 Å². The fraction of sp³-hybridized carbons (Fsp3) is 0.458. The van der Waals surface area contributed by atoms with Gasteiger partial charge in [0.2, 0.25) is 10.0 Å². The molecule has 0 saturated heterocycles. The van der Waals surface area contributed by atoms with Gasteiger partial charge in [-0.2, -0.15) is 0 Å². The summed E-state index contributed by atoms with van der Waals surface area (Å²) in [5, 5.41) is 3.56. The molecular weight excluding hydrogens is 432 g/mol. The minimum Gasteiger partial charge on any atom is -0.347 e. The SMILES string of the molecule is Cc1ccc(Cl)cc1N(Cc1ccc(C(=O)NC(C)(C)CC(C)(C)C)cc1)S(C)(=O)=O. The third-order valence-corrected chi connectivity index (χ3v) is 6.17. The minimum absolute atomic E-state index is 0.0915. The van der Waals surface area contributed by atoms with Crippen LogP contribution >= 0.6 is 11.6 Å². The Hall–Kier alpha value is -2.05. The molecule has 0 aromatic heterocycles. The Kier molecular flexibility index (Phi) is 7.49. The fourth-order valence-corrected chi connectivity index (χ4v) is 5.01. The van der Waals surface area contributed by atoms with Crippen molar-refractivity contribution in [2.24, 2.45) is 5.41 Å². The Balaban J connectivity index is 2.22. The van der Waals surface area contributed by atoms with Gasteiger partial charge in [0.05, 0.1) is 18.5 Å². The standard InChI is InChI=1S/C24H33ClN2O3S/c1-17-8-13-20(25)14-21(17)27(31(7,29)30)15-18-9-11-19(12-10-18)22(28)26-24(5,6)16-23(2,3)4/h8-14H,15-16H2,1-7H3,(H,26,28). The zero-order chi connectivity index (χ0) is 23.6. The van der Waals surface area contributed by atoms with Gasteiger partial charge in [0, 0.05) is 16.1 Å². The van der Waals surface area contributed by atoms with E-state index in [2.05, 4.69) is 26.1 Å². The Bertz CT molecular complexity index is 1040. The third kappa shape index (κ3) is 7.54. The van der Waals surface area contributed by atoms with Gasteiger partial charge < -0.3 is 5.32 Å². The van der Waals surface area contributed by atoms with Crippen LogP contribution in [0.1, 0.15) is 62.5 Å². The summed E-state index contributed by atoms with van der Waals surface area (Å²) in [6.07, 6.45) is 2.01. The van der Waals surface area contributed by atoms with Gasteiger partial charge in [0.25, 0.3) is 5.91 Å². The van der Waals surface area contributed by atoms with Crippen molar-refractivity contribution in [1.82, 2.24) is 5.32 Å². The molecule has 0 fully saturated rings. The summed E-state index contributed by atoms with van der Waals surface area (Å²) in [5.41, 5.74) is 2.41. The third-order valence-electron chi connectivity index (χ3n) is 4.81. The van der Waals surface area contributed by atoms with Gasteiger partial charge >= 0.3 is 0 Å². The lowest BCUT2D eigenvalue weighted by Crippen LogP contribution is -2.45. The summed E-state index contributed by atoms with van der Waals surface area (Å²) in [5.74, 6) is -0.147. The van der Waals surface area contributed by atoms with E-state index in [4.69, 9.17) is 11.6 Å². The second-order valence-electron chi connectivity index (χ2n) is 9.97. The van der Waals surface area contributed by atoms with Gasteiger partial charge in [-0.3, -0.25) is 9.10 Å². The van der Waals surface area contributed by atoms with E-state index < -0.39 is 10.0 Å². The lowest BCUT2D eigenvalue weighted by molar-refractivity contribution is 0.0891. The van der Waals surface area contributed by atoms with Crippen LogP contribution in [0.5, 0.6) is 0 Å². The molecule has 0 atom stereocenters. The molecule has 7 heteroatoms. The van der Waals surface area contributed by atoms with Crippen LogP contribution in [0.4, 0.5) is 5.69 Å². The van der Waals surface area contributed by atoms with E-state index in [-0.39, 0.29) is 23.4 Å². The predicted molar refractivity (Wildman–Crippen MR) is 129 cm³/mol. The minimum atomic E-state index is -3.53. The van der Waals surface area contributed by atoms with E-state index >= 15 is 0 Å². The van der Waals surface area contributed by atoms with Crippen molar-refractivity contribution in [3.63, 3.8) is 0 Å². The summed E-state index contributed by atoms with van der Waals surface area (Å²) in [7, 11) is -3.53. The van der Waals surface area contributed by atoms with Crippen molar-refractivity contribution in [3.05, 3.63) is 64.2 Å². The Labute approximate surface area is 191 Å². The van der Waals surface area contributed by atoms with Crippen molar-refractivity contribution in [3.8, 4) is 0 Å². The van der Waals surface area contributed by atoms with Crippen LogP contribution in [0.25, 0.3) is 0 Å². The van der Waals surface area contributed by atoms with E-state index in [1.165, 1.54) is 10.6 Å². The van der Waals surface area contributed by atoms with Crippen LogP contribution in [0.15, 0.2) is 42.5 Å². The average molecular weight is 465 g/mol. The zero-order valence-electron chi connectivity index (χ0n) is 19.4. The number of rotatable bonds is 7. The molecule has 1 amide bonds. The molecule has 0 saturated carbocycles. The van der Waals surface area contributed by atoms with Gasteiger partial charge in [-0.25, -0.2) is 8.42 Å². The smallest absolute Gasteiger partial charge is 0.251 e. The number of aryl methyl sites for hydroxylation is 1. The molecule has 0 aliphatic heterocycles. The summed E-state index contributed by atoms with van der Waals surface area (Å²) < 4.78 is 26.3. The van der Waals surface area contributed by atoms with E-state index in [9.17, 15) is 13.2 Å². The number of halogens is 1. The number of anilines is 1. The molecule has 0 spiro atoms. The van der Waals surface area contributed by atoms with E-state index in [0.717, 1.165) is 17.5 Å². The number of carbonyl (C=O) groups excluding carboxylic acids is 1. The maximum absolute atomic E-state index is 12.7. The lowest BCUT2D eigenvalue weighted by Gasteiger charge is -2.33. The molecular formula is C24H33ClN2O3S. The normalized spacial score (nSPS) is 12.5. The van der Waals surface area contributed by atoms with Crippen LogP contribution in [0.2, 0.25) is 5.02 Å². The number of benzene rings is 2. The summed E-state index contributed by atoms with van der Waals surface area (Å²) >= 11 is 6.10. The molecule has 2 aromatic rings. The number of nitrogens with one attached hydrogen (secondary N) is 1. The molecule has 0 unspecified atom stereocenters. The van der Waals surface area contributed by atoms with Crippen molar-refractivity contribution in [2.45, 2.75) is 60.0 Å². The molecule has 2 rings (SSSR count). The average Bonchev–Trinajstić information content (AvgIpc) is 2.59. The lowest BCUT2D eigenvalue weighted by atomic mass is 9.81. The van der Waals surface area contributed by atoms with E-state index in [1.54, 1.807) is 42.5 Å². The van der Waals surface area contributed by atoms with E-state index in [0.29, 0.717) is 16.3 Å². The second-order valence-corrected chi connectivity index (χ2v) is 12.3. The molecule has 2 aromatic carbocycles. The molecule has 0 aliphatic rings. The van der Waals surface area contributed by atoms with Gasteiger partial charge in [0.1, 0.15) is 0 Å². The molecule has 1 N–H and O–H groups in total. The molecule has 31 heavy (non-hydrogen) atoms. The van der Waals surface area contributed by atoms with Crippen molar-refractivity contribution in [1.29, 1.82) is 0 Å². The summed E-state index contributed by atoms with van der Waals surface area (Å²) in [6.45, 7) is 12.5. The number of hydrogen-bond acceptors (Lipinski definition) is 3. The largest absolute Gasteiger partial charge is 0.347 e. The number of sulfonamides is 1. The first-order chi connectivity index (χ1) is 14.1. The molecule has 0 heterocycles. The van der Waals surface area contributed by atoms with Crippen molar-refractivity contribution < 1.29 is 13.2 Å².